The van der Waals surface area contributed by atoms with E-state index in [-0.39, 0.29) is 18.2 Å². The molecule has 0 saturated carbocycles. The second-order valence-corrected chi connectivity index (χ2v) is 4.55. The summed E-state index contributed by atoms with van der Waals surface area (Å²) in [5, 5.41) is 3.07. The minimum atomic E-state index is -0.357. The highest BCUT2D eigenvalue weighted by molar-refractivity contribution is 5.29. The van der Waals surface area contributed by atoms with E-state index in [9.17, 15) is 4.39 Å². The van der Waals surface area contributed by atoms with Gasteiger partial charge in [0.1, 0.15) is 18.1 Å². The van der Waals surface area contributed by atoms with Crippen LogP contribution in [0.2, 0.25) is 0 Å². The van der Waals surface area contributed by atoms with Crippen molar-refractivity contribution in [2.75, 3.05) is 7.05 Å². The molecule has 0 aliphatic heterocycles. The lowest BCUT2D eigenvalue weighted by Gasteiger charge is -2.06. The molecule has 1 aromatic carbocycles. The lowest BCUT2D eigenvalue weighted by atomic mass is 10.2. The zero-order valence-corrected chi connectivity index (χ0v) is 11.4. The van der Waals surface area contributed by atoms with Crippen LogP contribution in [0.25, 0.3) is 0 Å². The van der Waals surface area contributed by atoms with Crippen molar-refractivity contribution in [2.24, 2.45) is 0 Å². The fourth-order valence-electron chi connectivity index (χ4n) is 1.89. The summed E-state index contributed by atoms with van der Waals surface area (Å²) in [7, 11) is 1.88. The molecular formula is C15H18FNO2. The summed E-state index contributed by atoms with van der Waals surface area (Å²) in [4.78, 5) is 0. The lowest BCUT2D eigenvalue weighted by Crippen LogP contribution is -2.04. The van der Waals surface area contributed by atoms with Gasteiger partial charge in [-0.2, -0.15) is 0 Å². The second kappa shape index (κ2) is 5.89. The first-order valence-corrected chi connectivity index (χ1v) is 6.22. The molecule has 0 fully saturated rings. The van der Waals surface area contributed by atoms with Crippen LogP contribution in [-0.4, -0.2) is 7.05 Å². The largest absolute Gasteiger partial charge is 0.483 e. The van der Waals surface area contributed by atoms with E-state index < -0.39 is 0 Å². The van der Waals surface area contributed by atoms with Gasteiger partial charge in [-0.25, -0.2) is 4.39 Å². The molecule has 0 bridgehead atoms. The molecular weight excluding hydrogens is 245 g/mol. The van der Waals surface area contributed by atoms with E-state index in [1.165, 1.54) is 6.07 Å². The Morgan fingerprint density at radius 3 is 2.79 bits per heavy atom. The summed E-state index contributed by atoms with van der Waals surface area (Å²) >= 11 is 0. The zero-order chi connectivity index (χ0) is 13.8. The van der Waals surface area contributed by atoms with Crippen LogP contribution in [0.4, 0.5) is 4.39 Å². The van der Waals surface area contributed by atoms with E-state index in [2.05, 4.69) is 5.32 Å². The van der Waals surface area contributed by atoms with E-state index in [0.29, 0.717) is 5.76 Å². The van der Waals surface area contributed by atoms with Gasteiger partial charge >= 0.3 is 0 Å². The minimum Gasteiger partial charge on any atom is -0.483 e. The summed E-state index contributed by atoms with van der Waals surface area (Å²) in [6, 6.07) is 6.73. The molecule has 0 aliphatic rings. The summed E-state index contributed by atoms with van der Waals surface area (Å²) in [6.45, 7) is 4.77. The Balaban J connectivity index is 2.06. The van der Waals surface area contributed by atoms with Gasteiger partial charge in [-0.1, -0.05) is 6.07 Å². The third-order valence-corrected chi connectivity index (χ3v) is 2.90. The van der Waals surface area contributed by atoms with Crippen LogP contribution in [-0.2, 0) is 13.2 Å². The van der Waals surface area contributed by atoms with Crippen molar-refractivity contribution >= 4 is 0 Å². The van der Waals surface area contributed by atoms with Gasteiger partial charge in [-0.15, -0.1) is 0 Å². The predicted octanol–water partition coefficient (Wildman–Crippen LogP) is 3.33. The lowest BCUT2D eigenvalue weighted by molar-refractivity contribution is 0.256. The molecule has 0 spiro atoms. The number of nitrogens with one attached hydrogen (secondary N) is 1. The molecule has 0 radical (unpaired) electrons. The average molecular weight is 263 g/mol. The summed E-state index contributed by atoms with van der Waals surface area (Å²) < 4.78 is 24.5. The Hall–Kier alpha value is -1.81. The molecule has 3 nitrogen and oxygen atoms in total. The molecule has 4 heteroatoms. The van der Waals surface area contributed by atoms with E-state index in [0.717, 1.165) is 23.4 Å². The van der Waals surface area contributed by atoms with Gasteiger partial charge in [0, 0.05) is 12.1 Å². The summed E-state index contributed by atoms with van der Waals surface area (Å²) in [6.07, 6.45) is 0. The Bertz CT molecular complexity index is 563. The predicted molar refractivity (Wildman–Crippen MR) is 71.7 cm³/mol. The van der Waals surface area contributed by atoms with E-state index in [1.807, 2.05) is 27.0 Å². The zero-order valence-electron chi connectivity index (χ0n) is 11.4. The van der Waals surface area contributed by atoms with Crippen LogP contribution < -0.4 is 10.1 Å². The van der Waals surface area contributed by atoms with Crippen molar-refractivity contribution in [3.05, 3.63) is 52.7 Å². The second-order valence-electron chi connectivity index (χ2n) is 4.55. The van der Waals surface area contributed by atoms with Crippen LogP contribution in [0.1, 0.15) is 22.6 Å². The molecule has 0 atom stereocenters. The minimum absolute atomic E-state index is 0.227. The number of ether oxygens (including phenoxy) is 1. The van der Waals surface area contributed by atoms with Crippen molar-refractivity contribution in [1.82, 2.24) is 5.32 Å². The Morgan fingerprint density at radius 2 is 2.05 bits per heavy atom. The van der Waals surface area contributed by atoms with Gasteiger partial charge in [-0.3, -0.25) is 0 Å². The van der Waals surface area contributed by atoms with Gasteiger partial charge in [0.05, 0.1) is 0 Å². The van der Waals surface area contributed by atoms with E-state index in [4.69, 9.17) is 9.15 Å². The molecule has 2 aromatic rings. The van der Waals surface area contributed by atoms with Crippen molar-refractivity contribution < 1.29 is 13.5 Å². The van der Waals surface area contributed by atoms with Crippen molar-refractivity contribution in [1.29, 1.82) is 0 Å². The van der Waals surface area contributed by atoms with Crippen molar-refractivity contribution in [2.45, 2.75) is 27.0 Å². The van der Waals surface area contributed by atoms with Crippen molar-refractivity contribution in [3.8, 4) is 5.75 Å². The summed E-state index contributed by atoms with van der Waals surface area (Å²) in [5.74, 6) is 1.45. The molecule has 0 saturated heterocycles. The Labute approximate surface area is 112 Å². The maximum atomic E-state index is 13.5. The fraction of sp³-hybridized carbons (Fsp3) is 0.333. The Kier molecular flexibility index (Phi) is 4.22. The molecule has 19 heavy (non-hydrogen) atoms. The summed E-state index contributed by atoms with van der Waals surface area (Å²) in [5.41, 5.74) is 2.05. The molecule has 0 unspecified atom stereocenters. The van der Waals surface area contributed by atoms with Crippen LogP contribution in [0.5, 0.6) is 5.75 Å². The fourth-order valence-corrected chi connectivity index (χ4v) is 1.89. The topological polar surface area (TPSA) is 34.4 Å². The standard InChI is InChI=1S/C15H18FNO2/c1-10-4-5-14(16)15(6-10)18-9-13-7-12(8-17-3)11(2)19-13/h4-7,17H,8-9H2,1-3H3. The molecule has 2 rings (SSSR count). The van der Waals surface area contributed by atoms with Crippen LogP contribution in [0, 0.1) is 19.7 Å². The number of benzene rings is 1. The third-order valence-electron chi connectivity index (χ3n) is 2.90. The molecule has 102 valence electrons. The number of hydrogen-bond donors (Lipinski definition) is 1. The molecule has 1 aromatic heterocycles. The average Bonchev–Trinajstić information content (AvgIpc) is 2.72. The van der Waals surface area contributed by atoms with Gasteiger partial charge < -0.3 is 14.5 Å². The van der Waals surface area contributed by atoms with Crippen LogP contribution >= 0.6 is 0 Å². The number of hydrogen-bond acceptors (Lipinski definition) is 3. The normalized spacial score (nSPS) is 10.7. The van der Waals surface area contributed by atoms with Crippen molar-refractivity contribution in [3.63, 3.8) is 0 Å². The first-order valence-electron chi connectivity index (χ1n) is 6.22. The maximum Gasteiger partial charge on any atom is 0.165 e. The number of furan rings is 1. The highest BCUT2D eigenvalue weighted by Crippen LogP contribution is 2.21. The first kappa shape index (κ1) is 13.6. The monoisotopic (exact) mass is 263 g/mol. The van der Waals surface area contributed by atoms with Gasteiger partial charge in [0.25, 0.3) is 0 Å². The Morgan fingerprint density at radius 1 is 1.26 bits per heavy atom. The van der Waals surface area contributed by atoms with Gasteiger partial charge in [0.2, 0.25) is 0 Å². The van der Waals surface area contributed by atoms with E-state index >= 15 is 0 Å². The smallest absolute Gasteiger partial charge is 0.165 e. The molecule has 1 N–H and O–H groups in total. The highest BCUT2D eigenvalue weighted by atomic mass is 19.1. The molecule has 0 amide bonds. The first-order chi connectivity index (χ1) is 9.10. The van der Waals surface area contributed by atoms with E-state index in [1.54, 1.807) is 12.1 Å². The van der Waals surface area contributed by atoms with Gasteiger partial charge in [0.15, 0.2) is 11.6 Å². The quantitative estimate of drug-likeness (QED) is 0.898. The molecule has 1 heterocycles. The maximum absolute atomic E-state index is 13.5. The van der Waals surface area contributed by atoms with Gasteiger partial charge in [-0.05, 0) is 44.7 Å². The number of rotatable bonds is 5. The SMILES string of the molecule is CNCc1cc(COc2cc(C)ccc2F)oc1C. The highest BCUT2D eigenvalue weighted by Gasteiger charge is 2.09. The molecule has 0 aliphatic carbocycles. The van der Waals surface area contributed by atoms with Crippen LogP contribution in [0.3, 0.4) is 0 Å². The number of halogens is 1. The third kappa shape index (κ3) is 3.35. The number of aryl methyl sites for hydroxylation is 2. The van der Waals surface area contributed by atoms with Crippen LogP contribution in [0.15, 0.2) is 28.7 Å².